The van der Waals surface area contributed by atoms with Crippen LogP contribution in [0, 0.1) is 0 Å². The lowest BCUT2D eigenvalue weighted by Crippen LogP contribution is -2.09. The molecule has 0 aliphatic rings. The van der Waals surface area contributed by atoms with E-state index >= 15 is 0 Å². The molecule has 0 spiro atoms. The summed E-state index contributed by atoms with van der Waals surface area (Å²) in [5.74, 6) is 0.359. The van der Waals surface area contributed by atoms with E-state index in [9.17, 15) is 9.59 Å². The van der Waals surface area contributed by atoms with Crippen molar-refractivity contribution in [2.24, 2.45) is 0 Å². The molecule has 0 aliphatic carbocycles. The van der Waals surface area contributed by atoms with Crippen molar-refractivity contribution in [1.29, 1.82) is 0 Å². The highest BCUT2D eigenvalue weighted by Gasteiger charge is 2.15. The highest BCUT2D eigenvalue weighted by Crippen LogP contribution is 2.27. The van der Waals surface area contributed by atoms with Gasteiger partial charge in [-0.15, -0.1) is 0 Å². The molecular weight excluding hydrogens is 362 g/mol. The number of anilines is 1. The number of aromatic nitrogens is 2. The largest absolute Gasteiger partial charge is 0.493 e. The summed E-state index contributed by atoms with van der Waals surface area (Å²) in [6.07, 6.45) is 0. The molecule has 0 bridgehead atoms. The van der Waals surface area contributed by atoms with Gasteiger partial charge in [-0.3, -0.25) is 4.79 Å². The second-order valence-electron chi connectivity index (χ2n) is 5.78. The molecule has 0 unspecified atom stereocenters. The van der Waals surface area contributed by atoms with Gasteiger partial charge in [0.15, 0.2) is 6.61 Å². The summed E-state index contributed by atoms with van der Waals surface area (Å²) >= 11 is 0. The Morgan fingerprint density at radius 1 is 1.14 bits per heavy atom. The second kappa shape index (κ2) is 8.81. The highest BCUT2D eigenvalue weighted by atomic mass is 16.6. The fourth-order valence-corrected chi connectivity index (χ4v) is 2.49. The normalized spacial score (nSPS) is 10.4. The fourth-order valence-electron chi connectivity index (χ4n) is 2.49. The summed E-state index contributed by atoms with van der Waals surface area (Å²) in [6, 6.07) is 13.8. The van der Waals surface area contributed by atoms with Crippen molar-refractivity contribution in [3.63, 3.8) is 0 Å². The molecule has 1 N–H and O–H groups in total. The Morgan fingerprint density at radius 3 is 2.75 bits per heavy atom. The number of rotatable bonds is 7. The number of hydrogen-bond donors (Lipinski definition) is 1. The van der Waals surface area contributed by atoms with E-state index in [4.69, 9.17) is 14.0 Å². The lowest BCUT2D eigenvalue weighted by atomic mass is 10.2. The van der Waals surface area contributed by atoms with Gasteiger partial charge in [0, 0.05) is 12.6 Å². The molecule has 8 nitrogen and oxygen atoms in total. The third-order valence-electron chi connectivity index (χ3n) is 3.64. The molecule has 2 aromatic carbocycles. The van der Waals surface area contributed by atoms with Crippen LogP contribution in [-0.2, 0) is 16.1 Å². The third-order valence-corrected chi connectivity index (χ3v) is 3.64. The Morgan fingerprint density at radius 2 is 1.96 bits per heavy atom. The van der Waals surface area contributed by atoms with Gasteiger partial charge in [-0.2, -0.15) is 4.98 Å². The molecule has 1 amide bonds. The van der Waals surface area contributed by atoms with Gasteiger partial charge in [0.2, 0.25) is 11.7 Å². The first-order valence-corrected chi connectivity index (χ1v) is 8.66. The monoisotopic (exact) mass is 381 g/mol. The number of nitrogens with zero attached hydrogens (tertiary/aromatic N) is 2. The van der Waals surface area contributed by atoms with Crippen LogP contribution in [0.25, 0.3) is 11.4 Å². The maximum absolute atomic E-state index is 12.2. The number of nitrogens with one attached hydrogen (secondary N) is 1. The molecule has 0 saturated carbocycles. The van der Waals surface area contributed by atoms with Gasteiger partial charge in [-0.05, 0) is 37.3 Å². The van der Waals surface area contributed by atoms with Crippen molar-refractivity contribution in [2.45, 2.75) is 20.5 Å². The first kappa shape index (κ1) is 19.1. The molecule has 144 valence electrons. The maximum Gasteiger partial charge on any atom is 0.338 e. The van der Waals surface area contributed by atoms with Crippen molar-refractivity contribution >= 4 is 17.6 Å². The van der Waals surface area contributed by atoms with E-state index in [-0.39, 0.29) is 18.4 Å². The topological polar surface area (TPSA) is 104 Å². The van der Waals surface area contributed by atoms with Crippen LogP contribution in [0.3, 0.4) is 0 Å². The summed E-state index contributed by atoms with van der Waals surface area (Å²) in [7, 11) is 0. The Bertz CT molecular complexity index is 983. The minimum Gasteiger partial charge on any atom is -0.493 e. The molecule has 8 heteroatoms. The van der Waals surface area contributed by atoms with E-state index in [0.29, 0.717) is 35.0 Å². The van der Waals surface area contributed by atoms with E-state index in [1.54, 1.807) is 18.2 Å². The van der Waals surface area contributed by atoms with Crippen molar-refractivity contribution in [3.05, 3.63) is 60.0 Å². The van der Waals surface area contributed by atoms with E-state index in [0.717, 1.165) is 0 Å². The zero-order valence-corrected chi connectivity index (χ0v) is 15.5. The Labute approximate surface area is 161 Å². The summed E-state index contributed by atoms with van der Waals surface area (Å²) in [5.41, 5.74) is 1.50. The van der Waals surface area contributed by atoms with Gasteiger partial charge in [0.1, 0.15) is 5.75 Å². The van der Waals surface area contributed by atoms with Gasteiger partial charge in [0.05, 0.1) is 17.7 Å². The Balaban J connectivity index is 1.66. The number of esters is 1. The van der Waals surface area contributed by atoms with E-state index in [2.05, 4.69) is 15.5 Å². The molecule has 1 heterocycles. The summed E-state index contributed by atoms with van der Waals surface area (Å²) < 4.78 is 15.9. The molecule has 0 fully saturated rings. The number of ether oxygens (including phenoxy) is 2. The number of amides is 1. The van der Waals surface area contributed by atoms with Crippen LogP contribution < -0.4 is 10.1 Å². The molecule has 0 saturated heterocycles. The van der Waals surface area contributed by atoms with Crippen LogP contribution in [0.1, 0.15) is 30.1 Å². The average Bonchev–Trinajstić information content (AvgIpc) is 3.15. The second-order valence-corrected chi connectivity index (χ2v) is 5.78. The molecular formula is C20H19N3O5. The fraction of sp³-hybridized carbons (Fsp3) is 0.200. The number of hydrogen-bond acceptors (Lipinski definition) is 7. The highest BCUT2D eigenvalue weighted by molar-refractivity contribution is 5.93. The van der Waals surface area contributed by atoms with Crippen LogP contribution in [-0.4, -0.2) is 28.6 Å². The quantitative estimate of drug-likeness (QED) is 0.625. The molecule has 1 aromatic heterocycles. The van der Waals surface area contributed by atoms with Gasteiger partial charge < -0.3 is 19.3 Å². The SMILES string of the molecule is CCOc1ccccc1-c1noc(COC(=O)c2cccc(NC(C)=O)c2)n1. The molecule has 3 aromatic rings. The Kier molecular flexibility index (Phi) is 6.01. The number of carbonyl (C=O) groups is 2. The summed E-state index contributed by atoms with van der Waals surface area (Å²) in [4.78, 5) is 27.6. The van der Waals surface area contributed by atoms with Crippen LogP contribution in [0.15, 0.2) is 53.1 Å². The molecule has 0 aliphatic heterocycles. The molecule has 28 heavy (non-hydrogen) atoms. The van der Waals surface area contributed by atoms with E-state index in [1.165, 1.54) is 13.0 Å². The number of benzene rings is 2. The van der Waals surface area contributed by atoms with Crippen LogP contribution in [0.4, 0.5) is 5.69 Å². The standard InChI is InChI=1S/C20H19N3O5/c1-3-26-17-10-5-4-9-16(17)19-22-18(28-23-19)12-27-20(25)14-7-6-8-15(11-14)21-13(2)24/h4-11H,3,12H2,1-2H3,(H,21,24). The smallest absolute Gasteiger partial charge is 0.338 e. The van der Waals surface area contributed by atoms with Gasteiger partial charge >= 0.3 is 5.97 Å². The lowest BCUT2D eigenvalue weighted by molar-refractivity contribution is -0.114. The lowest BCUT2D eigenvalue weighted by Gasteiger charge is -2.06. The molecule has 0 atom stereocenters. The predicted octanol–water partition coefficient (Wildman–Crippen LogP) is 3.45. The summed E-state index contributed by atoms with van der Waals surface area (Å²) in [5, 5.41) is 6.53. The van der Waals surface area contributed by atoms with Crippen molar-refractivity contribution < 1.29 is 23.6 Å². The van der Waals surface area contributed by atoms with Crippen LogP contribution >= 0.6 is 0 Å². The summed E-state index contributed by atoms with van der Waals surface area (Å²) in [6.45, 7) is 3.62. The zero-order valence-electron chi connectivity index (χ0n) is 15.5. The van der Waals surface area contributed by atoms with Crippen molar-refractivity contribution in [2.75, 3.05) is 11.9 Å². The molecule has 3 rings (SSSR count). The van der Waals surface area contributed by atoms with E-state index < -0.39 is 5.97 Å². The van der Waals surface area contributed by atoms with Gasteiger partial charge in [-0.1, -0.05) is 23.4 Å². The first-order chi connectivity index (χ1) is 13.6. The van der Waals surface area contributed by atoms with Crippen molar-refractivity contribution in [3.8, 4) is 17.1 Å². The van der Waals surface area contributed by atoms with Crippen LogP contribution in [0.2, 0.25) is 0 Å². The maximum atomic E-state index is 12.2. The minimum atomic E-state index is -0.568. The van der Waals surface area contributed by atoms with Crippen LogP contribution in [0.5, 0.6) is 5.75 Å². The van der Waals surface area contributed by atoms with Gasteiger partial charge in [0.25, 0.3) is 5.89 Å². The molecule has 0 radical (unpaired) electrons. The van der Waals surface area contributed by atoms with Gasteiger partial charge in [-0.25, -0.2) is 4.79 Å². The average molecular weight is 381 g/mol. The predicted molar refractivity (Wildman–Crippen MR) is 101 cm³/mol. The van der Waals surface area contributed by atoms with E-state index in [1.807, 2.05) is 31.2 Å². The number of para-hydroxylation sites is 1. The van der Waals surface area contributed by atoms with Crippen molar-refractivity contribution in [1.82, 2.24) is 10.1 Å². The third kappa shape index (κ3) is 4.73. The Hall–Kier alpha value is -3.68. The number of carbonyl (C=O) groups excluding carboxylic acids is 2. The minimum absolute atomic E-state index is 0.160. The zero-order chi connectivity index (χ0) is 19.9. The first-order valence-electron chi connectivity index (χ1n) is 8.66.